The summed E-state index contributed by atoms with van der Waals surface area (Å²) in [5.74, 6) is 0.0214. The normalized spacial score (nSPS) is 11.2. The lowest BCUT2D eigenvalue weighted by molar-refractivity contribution is 0.00699. The number of methoxy groups -OCH3 is 2. The van der Waals surface area contributed by atoms with Gasteiger partial charge in [-0.2, -0.15) is 0 Å². The van der Waals surface area contributed by atoms with Gasteiger partial charge in [-0.3, -0.25) is 9.59 Å². The molecule has 0 aliphatic heterocycles. The van der Waals surface area contributed by atoms with E-state index in [-0.39, 0.29) is 23.3 Å². The molecule has 0 fully saturated rings. The van der Waals surface area contributed by atoms with Crippen LogP contribution in [0.5, 0.6) is 11.5 Å². The van der Waals surface area contributed by atoms with Crippen LogP contribution in [0, 0.1) is 27.7 Å². The van der Waals surface area contributed by atoms with Gasteiger partial charge in [0.2, 0.25) is 0 Å². The number of aryl methyl sites for hydroxylation is 2. The van der Waals surface area contributed by atoms with Crippen LogP contribution in [0.1, 0.15) is 107 Å². The summed E-state index contributed by atoms with van der Waals surface area (Å²) in [6.45, 7) is 16.2. The minimum Gasteiger partial charge on any atom is -0.497 e. The highest BCUT2D eigenvalue weighted by Crippen LogP contribution is 2.32. The van der Waals surface area contributed by atoms with Gasteiger partial charge >= 0.3 is 11.9 Å². The number of hydrogen-bond acceptors (Lipinski definition) is 7. The van der Waals surface area contributed by atoms with E-state index in [2.05, 4.69) is 71.7 Å². The maximum atomic E-state index is 13.0. The Morgan fingerprint density at radius 1 is 0.476 bits per heavy atom. The summed E-state index contributed by atoms with van der Waals surface area (Å²) in [6.07, 6.45) is 0. The average molecular weight is 1090 g/mol. The number of aromatic nitrogens is 2. The van der Waals surface area contributed by atoms with Crippen LogP contribution in [0.2, 0.25) is 0 Å². The van der Waals surface area contributed by atoms with Gasteiger partial charge in [-0.15, -0.1) is 0 Å². The Balaban J connectivity index is 0.000000198. The van der Waals surface area contributed by atoms with Gasteiger partial charge in [-0.05, 0) is 177 Å². The zero-order chi connectivity index (χ0) is 58.2. The lowest BCUT2D eigenvalue weighted by atomic mass is 9.98. The highest BCUT2D eigenvalue weighted by Gasteiger charge is 2.22. The summed E-state index contributed by atoms with van der Waals surface area (Å²) < 4.78 is 20.7. The van der Waals surface area contributed by atoms with Crippen molar-refractivity contribution in [2.75, 3.05) is 14.2 Å². The quantitative estimate of drug-likeness (QED) is 0.0810. The topological polar surface area (TPSA) is 150 Å². The number of nitrogens with one attached hydrogen (secondary N) is 2. The molecule has 8 aromatic carbocycles. The van der Waals surface area contributed by atoms with Gasteiger partial charge < -0.3 is 39.1 Å². The van der Waals surface area contributed by atoms with Gasteiger partial charge in [-0.1, -0.05) is 109 Å². The summed E-state index contributed by atoms with van der Waals surface area (Å²) in [7, 11) is 3.26. The summed E-state index contributed by atoms with van der Waals surface area (Å²) in [5, 5.41) is 17.7. The van der Waals surface area contributed by atoms with E-state index in [1.165, 1.54) is 0 Å². The van der Waals surface area contributed by atoms with E-state index in [9.17, 15) is 24.3 Å². The number of carbonyl (C=O) groups excluding carboxylic acids is 3. The lowest BCUT2D eigenvalue weighted by Crippen LogP contribution is -2.24. The van der Waals surface area contributed by atoms with Crippen molar-refractivity contribution in [3.05, 3.63) is 249 Å². The molecule has 0 saturated heterocycles. The Morgan fingerprint density at radius 2 is 0.890 bits per heavy atom. The maximum absolute atomic E-state index is 13.0. The first-order valence-electron chi connectivity index (χ1n) is 27.2. The number of amides is 2. The van der Waals surface area contributed by atoms with Gasteiger partial charge in [0.1, 0.15) is 17.1 Å². The average Bonchev–Trinajstić information content (AvgIpc) is 4.14. The van der Waals surface area contributed by atoms with Crippen molar-refractivity contribution in [3.8, 4) is 33.8 Å². The van der Waals surface area contributed by atoms with Crippen LogP contribution in [0.25, 0.3) is 44.1 Å². The second-order valence-electron chi connectivity index (χ2n) is 21.4. The Morgan fingerprint density at radius 3 is 1.30 bits per heavy atom. The largest absolute Gasteiger partial charge is 0.497 e. The Bertz CT molecular complexity index is 3990. The van der Waals surface area contributed by atoms with Crippen molar-refractivity contribution in [1.82, 2.24) is 19.8 Å². The SMILES string of the molecule is COc1cccc(CNC(=O)c2ccc3c(c2)c(C)c(C)n3Cc2ccc(-c3ccccc3C(=O)O)cc2)c1.COc1cccc(CNC(=O)c2ccc3c(c2)c(C)c(C)n3Cc2ccc(-c3ccccc3C(=O)OC(C)(C)C)cc2)c1. The number of aromatic carboxylic acids is 1. The van der Waals surface area contributed by atoms with Crippen LogP contribution in [-0.2, 0) is 30.9 Å². The van der Waals surface area contributed by atoms with Gasteiger partial charge in [0.05, 0.1) is 25.3 Å². The number of carboxylic acid groups (broad SMARTS) is 1. The number of fused-ring (bicyclic) bond motifs is 2. The molecular formula is C70H68N4O8. The van der Waals surface area contributed by atoms with E-state index in [0.717, 1.165) is 94.8 Å². The number of rotatable bonds is 16. The molecule has 0 atom stereocenters. The standard InChI is InChI=1S/C37H38N2O4.C33H30N2O4/c1-24-25(2)39(34-19-18-29(21-33(24)34)35(40)38-22-27-10-9-11-30(20-27)42-6)23-26-14-16-28(17-15-26)31-12-7-8-13-32(31)36(41)43-37(3,4)5;1-21-22(2)35(20-23-11-13-25(14-12-23)28-9-4-5-10-29(28)33(37)38)31-16-15-26(18-30(21)31)32(36)34-19-24-7-6-8-27(17-24)39-3/h7-21H,22-23H2,1-6H3,(H,38,40);4-18H,19-20H2,1-3H3,(H,34,36)(H,37,38). The van der Waals surface area contributed by atoms with Crippen molar-refractivity contribution in [2.45, 2.75) is 80.2 Å². The fraction of sp³-hybridized carbons (Fsp3) is 0.200. The zero-order valence-corrected chi connectivity index (χ0v) is 47.8. The molecule has 0 bridgehead atoms. The molecule has 0 unspecified atom stereocenters. The molecule has 3 N–H and O–H groups in total. The van der Waals surface area contributed by atoms with Crippen molar-refractivity contribution >= 4 is 45.6 Å². The Kier molecular flexibility index (Phi) is 17.2. The molecule has 82 heavy (non-hydrogen) atoms. The smallest absolute Gasteiger partial charge is 0.339 e. The zero-order valence-electron chi connectivity index (χ0n) is 47.8. The van der Waals surface area contributed by atoms with E-state index in [1.807, 2.05) is 166 Å². The van der Waals surface area contributed by atoms with Crippen LogP contribution >= 0.6 is 0 Å². The third kappa shape index (κ3) is 13.0. The highest BCUT2D eigenvalue weighted by molar-refractivity contribution is 6.01. The van der Waals surface area contributed by atoms with Crippen molar-refractivity contribution in [3.63, 3.8) is 0 Å². The molecule has 0 saturated carbocycles. The predicted octanol–water partition coefficient (Wildman–Crippen LogP) is 14.5. The lowest BCUT2D eigenvalue weighted by Gasteiger charge is -2.20. The molecule has 0 spiro atoms. The molecule has 0 radical (unpaired) electrons. The van der Waals surface area contributed by atoms with Crippen LogP contribution in [0.4, 0.5) is 0 Å². The molecule has 0 aliphatic rings. The summed E-state index contributed by atoms with van der Waals surface area (Å²) in [4.78, 5) is 50.4. The second kappa shape index (κ2) is 24.8. The minimum atomic E-state index is -0.937. The fourth-order valence-electron chi connectivity index (χ4n) is 10.2. The van der Waals surface area contributed by atoms with Crippen LogP contribution in [0.15, 0.2) is 182 Å². The van der Waals surface area contributed by atoms with E-state index < -0.39 is 11.6 Å². The Labute approximate surface area is 478 Å². The monoisotopic (exact) mass is 1090 g/mol. The van der Waals surface area contributed by atoms with E-state index >= 15 is 0 Å². The van der Waals surface area contributed by atoms with Gasteiger partial charge in [0.25, 0.3) is 11.8 Å². The molecule has 2 heterocycles. The molecule has 0 aliphatic carbocycles. The number of ether oxygens (including phenoxy) is 3. The fourth-order valence-corrected chi connectivity index (χ4v) is 10.2. The molecular weight excluding hydrogens is 1020 g/mol. The first-order valence-corrected chi connectivity index (χ1v) is 27.2. The molecule has 2 aromatic heterocycles. The van der Waals surface area contributed by atoms with Gasteiger partial charge in [-0.25, -0.2) is 9.59 Å². The third-order valence-corrected chi connectivity index (χ3v) is 14.9. The van der Waals surface area contributed by atoms with E-state index in [1.54, 1.807) is 26.4 Å². The first-order chi connectivity index (χ1) is 39.4. The number of esters is 1. The van der Waals surface area contributed by atoms with Gasteiger partial charge in [0.15, 0.2) is 0 Å². The summed E-state index contributed by atoms with van der Waals surface area (Å²) >= 11 is 0. The third-order valence-electron chi connectivity index (χ3n) is 14.9. The molecule has 10 aromatic rings. The predicted molar refractivity (Wildman–Crippen MR) is 325 cm³/mol. The number of benzene rings is 8. The van der Waals surface area contributed by atoms with E-state index in [4.69, 9.17) is 14.2 Å². The summed E-state index contributed by atoms with van der Waals surface area (Å²) in [5.41, 5.74) is 15.8. The van der Waals surface area contributed by atoms with E-state index in [0.29, 0.717) is 48.4 Å². The maximum Gasteiger partial charge on any atom is 0.339 e. The number of nitrogens with zero attached hydrogens (tertiary/aromatic N) is 2. The number of hydrogen-bond donors (Lipinski definition) is 3. The number of carbonyl (C=O) groups is 4. The van der Waals surface area contributed by atoms with Crippen LogP contribution in [-0.4, -0.2) is 57.8 Å². The molecule has 10 rings (SSSR count). The summed E-state index contributed by atoms with van der Waals surface area (Å²) in [6, 6.07) is 58.0. The van der Waals surface area contributed by atoms with Crippen LogP contribution < -0.4 is 20.1 Å². The molecule has 2 amide bonds. The number of carboxylic acids is 1. The van der Waals surface area contributed by atoms with Crippen molar-refractivity contribution in [1.29, 1.82) is 0 Å². The van der Waals surface area contributed by atoms with Crippen molar-refractivity contribution in [2.24, 2.45) is 0 Å². The molecule has 12 nitrogen and oxygen atoms in total. The second-order valence-corrected chi connectivity index (χ2v) is 21.4. The molecule has 12 heteroatoms. The molecule has 416 valence electrons. The first kappa shape index (κ1) is 57.0. The Hall–Kier alpha value is -9.68. The van der Waals surface area contributed by atoms with Crippen molar-refractivity contribution < 1.29 is 38.5 Å². The highest BCUT2D eigenvalue weighted by atomic mass is 16.6. The van der Waals surface area contributed by atoms with Crippen LogP contribution in [0.3, 0.4) is 0 Å². The van der Waals surface area contributed by atoms with Gasteiger partial charge in [0, 0.05) is 70.5 Å². The minimum absolute atomic E-state index is 0.114.